The van der Waals surface area contributed by atoms with Gasteiger partial charge >= 0.3 is 6.29 Å². The number of nitrogens with zero attached hydrogens (tertiary/aromatic N) is 1. The van der Waals surface area contributed by atoms with Gasteiger partial charge in [-0.2, -0.15) is 0 Å². The molecule has 1 aromatic heterocycles. The highest BCUT2D eigenvalue weighted by Crippen LogP contribution is 2.53. The fraction of sp³-hybridized carbons (Fsp3) is 0.444. The molecule has 0 unspecified atom stereocenters. The highest BCUT2D eigenvalue weighted by Gasteiger charge is 2.53. The molecule has 196 valence electrons. The number of benzene rings is 2. The van der Waals surface area contributed by atoms with E-state index in [-0.39, 0.29) is 39.4 Å². The van der Waals surface area contributed by atoms with E-state index in [1.54, 1.807) is 12.1 Å². The Kier molecular flexibility index (Phi) is 4.93. The number of anilines is 1. The van der Waals surface area contributed by atoms with Crippen molar-refractivity contribution in [2.75, 3.05) is 11.9 Å². The number of hydrogen-bond donors (Lipinski definition) is 2. The topological polar surface area (TPSA) is 72.7 Å². The van der Waals surface area contributed by atoms with Gasteiger partial charge in [-0.05, 0) is 61.4 Å². The van der Waals surface area contributed by atoms with E-state index in [0.29, 0.717) is 24.9 Å². The molecule has 3 aliphatic rings. The van der Waals surface area contributed by atoms with Gasteiger partial charge in [0.15, 0.2) is 11.5 Å². The SMILES string of the molecule is C[C@H](CO)Cn1c(C2(C)CC2)cc2cc(NC(=O)C3(c4ccc5c(c4)OC(F)(F)O5)CC3)c(F)cc21.[HH].[HH].[HH]. The molecule has 2 N–H and O–H groups in total. The van der Waals surface area contributed by atoms with Crippen LogP contribution in [0.1, 0.15) is 55.1 Å². The van der Waals surface area contributed by atoms with Gasteiger partial charge in [0.25, 0.3) is 0 Å². The molecule has 1 amide bonds. The monoisotopic (exact) mass is 506 g/mol. The van der Waals surface area contributed by atoms with Crippen molar-refractivity contribution in [2.24, 2.45) is 5.92 Å². The van der Waals surface area contributed by atoms with E-state index in [2.05, 4.69) is 26.3 Å². The van der Waals surface area contributed by atoms with Gasteiger partial charge in [-0.3, -0.25) is 4.79 Å². The summed E-state index contributed by atoms with van der Waals surface area (Å²) in [5.41, 5.74) is 1.53. The van der Waals surface area contributed by atoms with Gasteiger partial charge in [-0.25, -0.2) is 4.39 Å². The molecule has 2 heterocycles. The maximum atomic E-state index is 15.3. The number of aliphatic hydroxyl groups is 1. The standard InChI is InChI=1S/C27H27F3N2O4.3H2/c1-15(14-33)13-32-20-12-18(28)19(9-16(20)10-23(32)25(2)5-6-25)31-24(34)26(7-8-26)17-3-4-21-22(11-17)36-27(29,30)35-21;;;/h3-4,9-12,15,33H,5-8,13-14H2,1-2H3,(H,31,34);3*1H/t15-;;;/m0.../s1. The quantitative estimate of drug-likeness (QED) is 0.401. The molecule has 2 fully saturated rings. The van der Waals surface area contributed by atoms with Crippen molar-refractivity contribution >= 4 is 22.5 Å². The molecule has 3 aromatic rings. The van der Waals surface area contributed by atoms with Gasteiger partial charge in [0.2, 0.25) is 5.91 Å². The third-order valence-electron chi connectivity index (χ3n) is 7.80. The first-order valence-corrected chi connectivity index (χ1v) is 12.2. The van der Waals surface area contributed by atoms with Crippen LogP contribution in [0.5, 0.6) is 11.5 Å². The third-order valence-corrected chi connectivity index (χ3v) is 7.80. The summed E-state index contributed by atoms with van der Waals surface area (Å²) in [6, 6.07) is 9.46. The minimum Gasteiger partial charge on any atom is -0.396 e. The fourth-order valence-corrected chi connectivity index (χ4v) is 5.15. The van der Waals surface area contributed by atoms with Crippen LogP contribution >= 0.6 is 0 Å². The van der Waals surface area contributed by atoms with E-state index in [4.69, 9.17) is 0 Å². The van der Waals surface area contributed by atoms with Crippen molar-refractivity contribution < 1.29 is 36.8 Å². The minimum atomic E-state index is -3.74. The first-order valence-electron chi connectivity index (χ1n) is 12.2. The minimum absolute atomic E-state index is 0. The average Bonchev–Trinajstić information content (AvgIpc) is 3.73. The zero-order chi connectivity index (χ0) is 25.5. The van der Waals surface area contributed by atoms with Crippen molar-refractivity contribution in [2.45, 2.75) is 63.2 Å². The summed E-state index contributed by atoms with van der Waals surface area (Å²) >= 11 is 0. The van der Waals surface area contributed by atoms with Crippen LogP contribution in [-0.2, 0) is 22.2 Å². The molecule has 9 heteroatoms. The zero-order valence-electron chi connectivity index (χ0n) is 20.0. The molecule has 0 bridgehead atoms. The Hall–Kier alpha value is -3.20. The Morgan fingerprint density at radius 2 is 1.86 bits per heavy atom. The normalized spacial score (nSPS) is 20.8. The van der Waals surface area contributed by atoms with Crippen LogP contribution < -0.4 is 14.8 Å². The first-order chi connectivity index (χ1) is 17.0. The van der Waals surface area contributed by atoms with E-state index in [0.717, 1.165) is 29.4 Å². The molecule has 6 rings (SSSR count). The predicted molar refractivity (Wildman–Crippen MR) is 133 cm³/mol. The number of aromatic nitrogens is 1. The number of fused-ring (bicyclic) bond motifs is 2. The molecular weight excluding hydrogens is 473 g/mol. The number of ether oxygens (including phenoxy) is 2. The van der Waals surface area contributed by atoms with Crippen molar-refractivity contribution in [1.82, 2.24) is 4.57 Å². The zero-order valence-corrected chi connectivity index (χ0v) is 20.0. The summed E-state index contributed by atoms with van der Waals surface area (Å²) < 4.78 is 53.2. The van der Waals surface area contributed by atoms with Crippen LogP contribution in [0.2, 0.25) is 0 Å². The number of alkyl halides is 2. The highest BCUT2D eigenvalue weighted by molar-refractivity contribution is 6.03. The van der Waals surface area contributed by atoms with Crippen molar-refractivity contribution in [3.05, 3.63) is 53.5 Å². The van der Waals surface area contributed by atoms with E-state index in [1.807, 2.05) is 13.0 Å². The summed E-state index contributed by atoms with van der Waals surface area (Å²) in [6.45, 7) is 4.73. The molecule has 0 spiro atoms. The van der Waals surface area contributed by atoms with Gasteiger partial charge in [0.1, 0.15) is 5.82 Å². The molecule has 6 nitrogen and oxygen atoms in total. The number of hydrogen-bond acceptors (Lipinski definition) is 4. The van der Waals surface area contributed by atoms with Gasteiger partial charge in [0, 0.05) is 40.0 Å². The van der Waals surface area contributed by atoms with Crippen molar-refractivity contribution in [3.8, 4) is 11.5 Å². The number of rotatable bonds is 7. The number of halogens is 3. The first kappa shape index (κ1) is 23.2. The maximum absolute atomic E-state index is 15.3. The predicted octanol–water partition coefficient (Wildman–Crippen LogP) is 6.19. The number of aliphatic hydroxyl groups excluding tert-OH is 1. The van der Waals surface area contributed by atoms with Crippen LogP contribution in [0.25, 0.3) is 10.9 Å². The molecule has 2 saturated carbocycles. The lowest BCUT2D eigenvalue weighted by Gasteiger charge is -2.19. The number of nitrogens with one attached hydrogen (secondary N) is 1. The third kappa shape index (κ3) is 3.72. The lowest BCUT2D eigenvalue weighted by atomic mass is 9.94. The Morgan fingerprint density at radius 3 is 2.53 bits per heavy atom. The Balaban J connectivity index is 0.00000140. The number of amides is 1. The number of carbonyl (C=O) groups excluding carboxylic acids is 1. The largest absolute Gasteiger partial charge is 0.586 e. The smallest absolute Gasteiger partial charge is 0.396 e. The summed E-state index contributed by atoms with van der Waals surface area (Å²) in [5.74, 6) is -1.14. The van der Waals surface area contributed by atoms with Gasteiger partial charge in [-0.15, -0.1) is 8.78 Å². The van der Waals surface area contributed by atoms with Crippen LogP contribution in [0.15, 0.2) is 36.4 Å². The Morgan fingerprint density at radius 1 is 1.14 bits per heavy atom. The molecule has 0 saturated heterocycles. The molecule has 2 aliphatic carbocycles. The molecule has 36 heavy (non-hydrogen) atoms. The van der Waals surface area contributed by atoms with Crippen LogP contribution in [0, 0.1) is 11.7 Å². The van der Waals surface area contributed by atoms with Crippen LogP contribution in [0.4, 0.5) is 18.9 Å². The molecule has 2 aromatic carbocycles. The van der Waals surface area contributed by atoms with E-state index < -0.39 is 23.4 Å². The summed E-state index contributed by atoms with van der Waals surface area (Å²) in [6.07, 6.45) is -0.618. The molecule has 0 radical (unpaired) electrons. The summed E-state index contributed by atoms with van der Waals surface area (Å²) in [4.78, 5) is 13.3. The second kappa shape index (κ2) is 7.65. The molecule has 1 atom stereocenters. The van der Waals surface area contributed by atoms with Gasteiger partial charge in [0.05, 0.1) is 16.6 Å². The van der Waals surface area contributed by atoms with Gasteiger partial charge in [-0.1, -0.05) is 19.9 Å². The molecular formula is C27H33F3N2O4. The maximum Gasteiger partial charge on any atom is 0.586 e. The summed E-state index contributed by atoms with van der Waals surface area (Å²) in [7, 11) is 0. The Bertz CT molecular complexity index is 1410. The van der Waals surface area contributed by atoms with E-state index in [1.165, 1.54) is 18.2 Å². The number of carbonyl (C=O) groups is 1. The lowest BCUT2D eigenvalue weighted by molar-refractivity contribution is -0.286. The van der Waals surface area contributed by atoms with Gasteiger partial charge < -0.3 is 24.5 Å². The average molecular weight is 507 g/mol. The summed E-state index contributed by atoms with van der Waals surface area (Å²) in [5, 5.41) is 13.1. The highest BCUT2D eigenvalue weighted by atomic mass is 19.3. The van der Waals surface area contributed by atoms with Crippen LogP contribution in [0.3, 0.4) is 0 Å². The van der Waals surface area contributed by atoms with E-state index in [9.17, 15) is 18.7 Å². The molecule has 1 aliphatic heterocycles. The van der Waals surface area contributed by atoms with Crippen LogP contribution in [-0.4, -0.2) is 28.5 Å². The second-order valence-corrected chi connectivity index (χ2v) is 10.7. The van der Waals surface area contributed by atoms with E-state index >= 15 is 4.39 Å². The Labute approximate surface area is 210 Å². The van der Waals surface area contributed by atoms with Crippen molar-refractivity contribution in [3.63, 3.8) is 0 Å². The van der Waals surface area contributed by atoms with Crippen molar-refractivity contribution in [1.29, 1.82) is 0 Å². The fourth-order valence-electron chi connectivity index (χ4n) is 5.15. The lowest BCUT2D eigenvalue weighted by Crippen LogP contribution is -2.28. The second-order valence-electron chi connectivity index (χ2n) is 10.7.